The Kier molecular flexibility index (Phi) is 5.35. The van der Waals surface area contributed by atoms with Gasteiger partial charge in [0.05, 0.1) is 31.3 Å². The normalized spacial score (nSPS) is 14.8. The Morgan fingerprint density at radius 1 is 0.964 bits per heavy atom. The summed E-state index contributed by atoms with van der Waals surface area (Å²) in [5.74, 6) is -1.30. The van der Waals surface area contributed by atoms with Gasteiger partial charge in [-0.25, -0.2) is 9.59 Å². The maximum absolute atomic E-state index is 12.7. The number of benzene rings is 1. The van der Waals surface area contributed by atoms with Gasteiger partial charge in [-0.15, -0.1) is 0 Å². The van der Waals surface area contributed by atoms with E-state index in [-0.39, 0.29) is 0 Å². The van der Waals surface area contributed by atoms with Crippen LogP contribution in [0.1, 0.15) is 31.1 Å². The van der Waals surface area contributed by atoms with E-state index >= 15 is 0 Å². The van der Waals surface area contributed by atoms with Gasteiger partial charge in [-0.3, -0.25) is 0 Å². The molecule has 0 atom stereocenters. The minimum absolute atomic E-state index is 0.317. The van der Waals surface area contributed by atoms with E-state index in [4.69, 9.17) is 14.0 Å². The molecule has 1 N–H and O–H groups in total. The van der Waals surface area contributed by atoms with Crippen LogP contribution in [0.2, 0.25) is 0 Å². The van der Waals surface area contributed by atoms with E-state index in [2.05, 4.69) is 10.5 Å². The van der Waals surface area contributed by atoms with Gasteiger partial charge in [0.1, 0.15) is 11.5 Å². The Balaban J connectivity index is 2.31. The summed E-state index contributed by atoms with van der Waals surface area (Å²) in [6.07, 6.45) is 0. The number of rotatable bonds is 4. The van der Waals surface area contributed by atoms with Crippen LogP contribution in [-0.4, -0.2) is 31.3 Å². The van der Waals surface area contributed by atoms with E-state index in [1.165, 1.54) is 14.2 Å². The number of allylic oxidation sites excluding steroid dienone is 2. The van der Waals surface area contributed by atoms with Crippen molar-refractivity contribution in [3.8, 4) is 11.3 Å². The molecule has 1 aromatic heterocycles. The van der Waals surface area contributed by atoms with Gasteiger partial charge in [0.15, 0.2) is 0 Å². The first-order chi connectivity index (χ1) is 13.4. The lowest BCUT2D eigenvalue weighted by Crippen LogP contribution is -2.32. The molecule has 2 heterocycles. The van der Waals surface area contributed by atoms with E-state index in [1.54, 1.807) is 20.8 Å². The summed E-state index contributed by atoms with van der Waals surface area (Å²) in [6, 6.07) is 9.45. The summed E-state index contributed by atoms with van der Waals surface area (Å²) in [5.41, 5.74) is 3.84. The van der Waals surface area contributed by atoms with Crippen LogP contribution in [-0.2, 0) is 19.1 Å². The first-order valence-corrected chi connectivity index (χ1v) is 8.77. The van der Waals surface area contributed by atoms with E-state index in [0.29, 0.717) is 39.6 Å². The molecule has 1 aromatic carbocycles. The molecule has 0 bridgehead atoms. The number of esters is 2. The minimum Gasteiger partial charge on any atom is -0.466 e. The smallest absolute Gasteiger partial charge is 0.336 e. The fourth-order valence-electron chi connectivity index (χ4n) is 3.57. The number of aryl methyl sites for hydroxylation is 1. The monoisotopic (exact) mass is 382 g/mol. The van der Waals surface area contributed by atoms with Crippen LogP contribution in [0.25, 0.3) is 11.3 Å². The number of nitrogens with one attached hydrogen (secondary N) is 1. The first-order valence-electron chi connectivity index (χ1n) is 8.77. The Labute approximate surface area is 163 Å². The Morgan fingerprint density at radius 2 is 1.50 bits per heavy atom. The molecule has 1 aliphatic heterocycles. The van der Waals surface area contributed by atoms with Crippen LogP contribution in [0, 0.1) is 6.92 Å². The zero-order valence-corrected chi connectivity index (χ0v) is 16.5. The van der Waals surface area contributed by atoms with Crippen molar-refractivity contribution >= 4 is 11.9 Å². The summed E-state index contributed by atoms with van der Waals surface area (Å²) >= 11 is 0. The van der Waals surface area contributed by atoms with Crippen LogP contribution in [0.4, 0.5) is 0 Å². The summed E-state index contributed by atoms with van der Waals surface area (Å²) in [7, 11) is 2.61. The number of hydrogen-bond acceptors (Lipinski definition) is 7. The Hall–Kier alpha value is -3.35. The molecule has 0 radical (unpaired) electrons. The molecule has 0 saturated carbocycles. The lowest BCUT2D eigenvalue weighted by Gasteiger charge is -2.29. The number of ether oxygens (including phenoxy) is 2. The topological polar surface area (TPSA) is 90.7 Å². The maximum Gasteiger partial charge on any atom is 0.336 e. The molecule has 0 saturated heterocycles. The summed E-state index contributed by atoms with van der Waals surface area (Å²) in [5, 5.41) is 7.29. The van der Waals surface area contributed by atoms with Crippen LogP contribution in [0.3, 0.4) is 0 Å². The lowest BCUT2D eigenvalue weighted by molar-refractivity contribution is -0.137. The van der Waals surface area contributed by atoms with Crippen molar-refractivity contribution in [3.05, 3.63) is 64.2 Å². The third-order valence-electron chi connectivity index (χ3n) is 4.82. The molecular weight excluding hydrogens is 360 g/mol. The van der Waals surface area contributed by atoms with E-state index in [0.717, 1.165) is 5.56 Å². The molecule has 7 heteroatoms. The molecule has 2 aromatic rings. The molecule has 146 valence electrons. The summed E-state index contributed by atoms with van der Waals surface area (Å²) < 4.78 is 15.5. The predicted molar refractivity (Wildman–Crippen MR) is 102 cm³/mol. The number of aromatic nitrogens is 1. The van der Waals surface area contributed by atoms with Gasteiger partial charge in [-0.1, -0.05) is 35.5 Å². The third kappa shape index (κ3) is 3.19. The van der Waals surface area contributed by atoms with E-state index < -0.39 is 17.9 Å². The highest BCUT2D eigenvalue weighted by Crippen LogP contribution is 2.44. The lowest BCUT2D eigenvalue weighted by atomic mass is 9.78. The quantitative estimate of drug-likeness (QED) is 0.812. The molecule has 28 heavy (non-hydrogen) atoms. The highest BCUT2D eigenvalue weighted by molar-refractivity contribution is 6.00. The number of hydrogen-bond donors (Lipinski definition) is 1. The van der Waals surface area contributed by atoms with Gasteiger partial charge < -0.3 is 19.3 Å². The Bertz CT molecular complexity index is 947. The summed E-state index contributed by atoms with van der Waals surface area (Å²) in [6.45, 7) is 5.29. The van der Waals surface area contributed by atoms with Crippen molar-refractivity contribution in [1.29, 1.82) is 0 Å². The van der Waals surface area contributed by atoms with Gasteiger partial charge in [0.25, 0.3) is 0 Å². The number of nitrogens with zero attached hydrogens (tertiary/aromatic N) is 1. The highest BCUT2D eigenvalue weighted by Gasteiger charge is 2.41. The second-order valence-electron chi connectivity index (χ2n) is 6.49. The third-order valence-corrected chi connectivity index (χ3v) is 4.82. The van der Waals surface area contributed by atoms with Crippen molar-refractivity contribution < 1.29 is 23.6 Å². The molecule has 7 nitrogen and oxygen atoms in total. The molecule has 0 fully saturated rings. The van der Waals surface area contributed by atoms with Crippen molar-refractivity contribution in [2.24, 2.45) is 0 Å². The van der Waals surface area contributed by atoms with Crippen molar-refractivity contribution in [3.63, 3.8) is 0 Å². The van der Waals surface area contributed by atoms with E-state index in [9.17, 15) is 9.59 Å². The van der Waals surface area contributed by atoms with Gasteiger partial charge in [-0.05, 0) is 20.8 Å². The SMILES string of the molecule is COC(=O)C1=C(C)NC(C)=C(C(=O)OC)C1c1c(-c2ccccc2)noc1C. The minimum atomic E-state index is -0.734. The Morgan fingerprint density at radius 3 is 2.00 bits per heavy atom. The molecular formula is C21H22N2O5. The second-order valence-corrected chi connectivity index (χ2v) is 6.49. The maximum atomic E-state index is 12.7. The number of methoxy groups -OCH3 is 2. The van der Waals surface area contributed by atoms with Crippen LogP contribution in [0.15, 0.2) is 57.4 Å². The number of dihydropyridines is 1. The average Bonchev–Trinajstić information content (AvgIpc) is 3.08. The number of carbonyl (C=O) groups is 2. The fraction of sp³-hybridized carbons (Fsp3) is 0.286. The molecule has 0 amide bonds. The van der Waals surface area contributed by atoms with Gasteiger partial charge in [0.2, 0.25) is 0 Å². The van der Waals surface area contributed by atoms with Gasteiger partial charge in [0, 0.05) is 22.5 Å². The largest absolute Gasteiger partial charge is 0.466 e. The van der Waals surface area contributed by atoms with Gasteiger partial charge in [-0.2, -0.15) is 0 Å². The second kappa shape index (κ2) is 7.72. The van der Waals surface area contributed by atoms with Gasteiger partial charge >= 0.3 is 11.9 Å². The molecule has 3 rings (SSSR count). The molecule has 0 unspecified atom stereocenters. The van der Waals surface area contributed by atoms with Crippen molar-refractivity contribution in [1.82, 2.24) is 10.5 Å². The molecule has 1 aliphatic rings. The zero-order chi connectivity index (χ0) is 20.4. The van der Waals surface area contributed by atoms with Crippen molar-refractivity contribution in [2.75, 3.05) is 14.2 Å². The van der Waals surface area contributed by atoms with E-state index in [1.807, 2.05) is 30.3 Å². The zero-order valence-electron chi connectivity index (χ0n) is 16.5. The standard InChI is InChI=1S/C21H22N2O5/c1-11-15(20(24)26-4)18(16(12(2)22-11)21(25)27-5)17-13(3)28-23-19(17)14-9-7-6-8-10-14/h6-10,18,22H,1-5H3. The summed E-state index contributed by atoms with van der Waals surface area (Å²) in [4.78, 5) is 25.3. The van der Waals surface area contributed by atoms with Crippen LogP contribution in [0.5, 0.6) is 0 Å². The average molecular weight is 382 g/mol. The predicted octanol–water partition coefficient (Wildman–Crippen LogP) is 3.23. The number of carbonyl (C=O) groups excluding carboxylic acids is 2. The fourth-order valence-corrected chi connectivity index (χ4v) is 3.57. The van der Waals surface area contributed by atoms with Crippen molar-refractivity contribution in [2.45, 2.75) is 26.7 Å². The first kappa shape index (κ1) is 19.4. The van der Waals surface area contributed by atoms with Crippen LogP contribution < -0.4 is 5.32 Å². The molecule has 0 aliphatic carbocycles. The molecule has 0 spiro atoms. The highest BCUT2D eigenvalue weighted by atomic mass is 16.5. The van der Waals surface area contributed by atoms with Crippen LogP contribution >= 0.6 is 0 Å².